The lowest BCUT2D eigenvalue weighted by molar-refractivity contribution is 0.165. The summed E-state index contributed by atoms with van der Waals surface area (Å²) in [5.74, 6) is -0.467. The van der Waals surface area contributed by atoms with Crippen molar-refractivity contribution >= 4 is 12.6 Å². The summed E-state index contributed by atoms with van der Waals surface area (Å²) in [6, 6.07) is 3.56. The lowest BCUT2D eigenvalue weighted by Crippen LogP contribution is -2.28. The number of hydrogen-bond donors (Lipinski definition) is 1. The fraction of sp³-hybridized carbons (Fsp3) is 0.538. The topological polar surface area (TPSA) is 9.23 Å². The molecule has 0 bridgehead atoms. The third-order valence-corrected chi connectivity index (χ3v) is 3.23. The third-order valence-electron chi connectivity index (χ3n) is 2.79. The summed E-state index contributed by atoms with van der Waals surface area (Å²) >= 11 is 4.28. The Bertz CT molecular complexity index is 374. The van der Waals surface area contributed by atoms with Gasteiger partial charge in [-0.05, 0) is 23.3 Å². The minimum Gasteiger partial charge on any atom is -0.493 e. The van der Waals surface area contributed by atoms with Gasteiger partial charge in [-0.3, -0.25) is 0 Å². The summed E-state index contributed by atoms with van der Waals surface area (Å²) in [7, 11) is 0. The molecule has 0 fully saturated rings. The van der Waals surface area contributed by atoms with Crippen LogP contribution in [-0.4, -0.2) is 12.4 Å². The molecule has 1 rings (SSSR count). The fourth-order valence-electron chi connectivity index (χ4n) is 1.34. The van der Waals surface area contributed by atoms with Gasteiger partial charge in [0, 0.05) is 12.0 Å². The van der Waals surface area contributed by atoms with Gasteiger partial charge in [0.25, 0.3) is 0 Å². The predicted molar refractivity (Wildman–Crippen MR) is 68.7 cm³/mol. The van der Waals surface area contributed by atoms with Crippen molar-refractivity contribution < 1.29 is 13.5 Å². The van der Waals surface area contributed by atoms with Crippen LogP contribution >= 0.6 is 12.6 Å². The van der Waals surface area contributed by atoms with Gasteiger partial charge in [0.05, 0.1) is 6.61 Å². The van der Waals surface area contributed by atoms with Gasteiger partial charge < -0.3 is 4.74 Å². The highest BCUT2D eigenvalue weighted by atomic mass is 32.1. The molecule has 1 nitrogen and oxygen atoms in total. The third kappa shape index (κ3) is 4.19. The Hall–Kier alpha value is -0.770. The van der Waals surface area contributed by atoms with Gasteiger partial charge in [-0.1, -0.05) is 20.8 Å². The molecule has 4 heteroatoms. The molecule has 1 atom stereocenters. The second kappa shape index (κ2) is 5.71. The molecule has 0 N–H and O–H groups in total. The van der Waals surface area contributed by atoms with Gasteiger partial charge in [-0.15, -0.1) is 0 Å². The monoisotopic (exact) mass is 260 g/mol. The van der Waals surface area contributed by atoms with Crippen LogP contribution in [0.4, 0.5) is 8.78 Å². The molecule has 0 saturated heterocycles. The quantitative estimate of drug-likeness (QED) is 0.807. The molecular weight excluding hydrogens is 242 g/mol. The number of benzene rings is 1. The standard InChI is InChI=1S/C13H18F2OS/c1-13(2,3)9(8-17)7-16-10-4-5-11(14)12(15)6-10/h4-6,9,17H,7-8H2,1-3H3. The molecule has 0 amide bonds. The van der Waals surface area contributed by atoms with Crippen molar-refractivity contribution in [2.75, 3.05) is 12.4 Å². The van der Waals surface area contributed by atoms with Crippen LogP contribution in [0.25, 0.3) is 0 Å². The molecule has 96 valence electrons. The lowest BCUT2D eigenvalue weighted by atomic mass is 9.82. The maximum Gasteiger partial charge on any atom is 0.162 e. The first kappa shape index (κ1) is 14.3. The van der Waals surface area contributed by atoms with Crippen LogP contribution in [0.2, 0.25) is 0 Å². The van der Waals surface area contributed by atoms with E-state index >= 15 is 0 Å². The summed E-state index contributed by atoms with van der Waals surface area (Å²) in [4.78, 5) is 0. The smallest absolute Gasteiger partial charge is 0.162 e. The number of ether oxygens (including phenoxy) is 1. The van der Waals surface area contributed by atoms with Crippen molar-refractivity contribution in [3.05, 3.63) is 29.8 Å². The Balaban J connectivity index is 2.63. The highest BCUT2D eigenvalue weighted by Gasteiger charge is 2.24. The zero-order valence-corrected chi connectivity index (χ0v) is 11.2. The van der Waals surface area contributed by atoms with Gasteiger partial charge in [0.1, 0.15) is 5.75 Å². The number of halogens is 2. The van der Waals surface area contributed by atoms with Crippen LogP contribution in [0.5, 0.6) is 5.75 Å². The SMILES string of the molecule is CC(C)(C)C(CS)COc1ccc(F)c(F)c1. The Morgan fingerprint density at radius 1 is 1.24 bits per heavy atom. The highest BCUT2D eigenvalue weighted by Crippen LogP contribution is 2.28. The zero-order valence-electron chi connectivity index (χ0n) is 10.3. The molecule has 0 saturated carbocycles. The van der Waals surface area contributed by atoms with Gasteiger partial charge in [-0.2, -0.15) is 12.6 Å². The molecule has 1 aromatic rings. The van der Waals surface area contributed by atoms with Crippen molar-refractivity contribution in [3.63, 3.8) is 0 Å². The summed E-state index contributed by atoms with van der Waals surface area (Å²) in [6.45, 7) is 6.74. The normalized spacial score (nSPS) is 13.5. The fourth-order valence-corrected chi connectivity index (χ4v) is 1.99. The molecule has 1 aromatic carbocycles. The summed E-state index contributed by atoms with van der Waals surface area (Å²) < 4.78 is 31.1. The largest absolute Gasteiger partial charge is 0.493 e. The second-order valence-corrected chi connectivity index (χ2v) is 5.50. The number of rotatable bonds is 4. The Morgan fingerprint density at radius 3 is 2.35 bits per heavy atom. The molecule has 0 spiro atoms. The van der Waals surface area contributed by atoms with E-state index < -0.39 is 11.6 Å². The molecule has 0 aliphatic heterocycles. The Morgan fingerprint density at radius 2 is 1.88 bits per heavy atom. The van der Waals surface area contributed by atoms with E-state index in [-0.39, 0.29) is 11.3 Å². The van der Waals surface area contributed by atoms with Crippen LogP contribution in [0.15, 0.2) is 18.2 Å². The van der Waals surface area contributed by atoms with Gasteiger partial charge in [0.2, 0.25) is 0 Å². The zero-order chi connectivity index (χ0) is 13.1. The van der Waals surface area contributed by atoms with Crippen molar-refractivity contribution in [2.24, 2.45) is 11.3 Å². The number of hydrogen-bond acceptors (Lipinski definition) is 2. The van der Waals surface area contributed by atoms with Crippen LogP contribution in [0.1, 0.15) is 20.8 Å². The molecule has 17 heavy (non-hydrogen) atoms. The first-order valence-corrected chi connectivity index (χ1v) is 6.16. The molecule has 0 aliphatic carbocycles. The summed E-state index contributed by atoms with van der Waals surface area (Å²) in [6.07, 6.45) is 0. The average molecular weight is 260 g/mol. The van der Waals surface area contributed by atoms with Crippen LogP contribution in [0.3, 0.4) is 0 Å². The van der Waals surface area contributed by atoms with Crippen molar-refractivity contribution in [1.82, 2.24) is 0 Å². The first-order chi connectivity index (χ1) is 7.84. The van der Waals surface area contributed by atoms with Crippen LogP contribution < -0.4 is 4.74 Å². The van der Waals surface area contributed by atoms with E-state index in [1.165, 1.54) is 6.07 Å². The molecule has 0 aliphatic rings. The van der Waals surface area contributed by atoms with E-state index in [9.17, 15) is 8.78 Å². The maximum absolute atomic E-state index is 12.9. The summed E-state index contributed by atoms with van der Waals surface area (Å²) in [5, 5.41) is 0. The van der Waals surface area contributed by atoms with Gasteiger partial charge >= 0.3 is 0 Å². The van der Waals surface area contributed by atoms with Crippen LogP contribution in [-0.2, 0) is 0 Å². The van der Waals surface area contributed by atoms with Gasteiger partial charge in [0.15, 0.2) is 11.6 Å². The minimum atomic E-state index is -0.888. The molecule has 0 heterocycles. The Labute approximate surface area is 107 Å². The van der Waals surface area contributed by atoms with Crippen molar-refractivity contribution in [3.8, 4) is 5.75 Å². The number of thiol groups is 1. The van der Waals surface area contributed by atoms with E-state index in [0.717, 1.165) is 12.1 Å². The molecule has 1 unspecified atom stereocenters. The highest BCUT2D eigenvalue weighted by molar-refractivity contribution is 7.80. The lowest BCUT2D eigenvalue weighted by Gasteiger charge is -2.29. The van der Waals surface area contributed by atoms with E-state index in [1.54, 1.807) is 0 Å². The van der Waals surface area contributed by atoms with E-state index in [2.05, 4.69) is 33.4 Å². The predicted octanol–water partition coefficient (Wildman–Crippen LogP) is 3.94. The summed E-state index contributed by atoms with van der Waals surface area (Å²) in [5.41, 5.74) is 0.0698. The Kier molecular flexibility index (Phi) is 4.80. The second-order valence-electron chi connectivity index (χ2n) is 5.13. The van der Waals surface area contributed by atoms with E-state index in [1.807, 2.05) is 0 Å². The minimum absolute atomic E-state index is 0.0698. The maximum atomic E-state index is 12.9. The van der Waals surface area contributed by atoms with Crippen LogP contribution in [0, 0.1) is 23.0 Å². The van der Waals surface area contributed by atoms with Crippen molar-refractivity contribution in [2.45, 2.75) is 20.8 Å². The van der Waals surface area contributed by atoms with E-state index in [0.29, 0.717) is 18.1 Å². The molecular formula is C13H18F2OS. The van der Waals surface area contributed by atoms with E-state index in [4.69, 9.17) is 4.74 Å². The molecule has 0 aromatic heterocycles. The van der Waals surface area contributed by atoms with Crippen molar-refractivity contribution in [1.29, 1.82) is 0 Å². The first-order valence-electron chi connectivity index (χ1n) is 5.53. The van der Waals surface area contributed by atoms with Gasteiger partial charge in [-0.25, -0.2) is 8.78 Å². The molecule has 0 radical (unpaired) electrons. The average Bonchev–Trinajstić information content (AvgIpc) is 2.22.